The molecule has 8 heteroatoms. The summed E-state index contributed by atoms with van der Waals surface area (Å²) in [6.45, 7) is 2.61. The van der Waals surface area contributed by atoms with E-state index < -0.39 is 0 Å². The summed E-state index contributed by atoms with van der Waals surface area (Å²) < 4.78 is 1.61. The maximum absolute atomic E-state index is 12.4. The van der Waals surface area contributed by atoms with Crippen molar-refractivity contribution in [1.82, 2.24) is 30.5 Å². The second-order valence-corrected chi connectivity index (χ2v) is 6.13. The molecule has 2 N–H and O–H groups in total. The Labute approximate surface area is 137 Å². The van der Waals surface area contributed by atoms with Crippen LogP contribution in [0.15, 0.2) is 29.4 Å². The number of para-hydroxylation sites is 1. The van der Waals surface area contributed by atoms with Crippen molar-refractivity contribution in [1.29, 1.82) is 0 Å². The SMILES string of the molecule is CCc1c(C(=O)NCCSc2nnnn2C)[nH]c2ccccc12. The summed E-state index contributed by atoms with van der Waals surface area (Å²) in [6, 6.07) is 7.98. The Bertz CT molecular complexity index is 824. The fourth-order valence-electron chi connectivity index (χ4n) is 2.50. The number of hydrogen-bond donors (Lipinski definition) is 2. The van der Waals surface area contributed by atoms with Crippen molar-refractivity contribution in [3.63, 3.8) is 0 Å². The largest absolute Gasteiger partial charge is 0.350 e. The van der Waals surface area contributed by atoms with Crippen LogP contribution in [0.1, 0.15) is 23.0 Å². The molecule has 0 fully saturated rings. The molecule has 7 nitrogen and oxygen atoms in total. The molecule has 0 aliphatic heterocycles. The zero-order valence-corrected chi connectivity index (χ0v) is 13.9. The molecule has 120 valence electrons. The van der Waals surface area contributed by atoms with Gasteiger partial charge in [0.05, 0.1) is 0 Å². The van der Waals surface area contributed by atoms with Crippen LogP contribution in [0.2, 0.25) is 0 Å². The molecule has 2 heterocycles. The van der Waals surface area contributed by atoms with Gasteiger partial charge >= 0.3 is 0 Å². The molecule has 1 amide bonds. The number of benzene rings is 1. The fourth-order valence-corrected chi connectivity index (χ4v) is 3.20. The second-order valence-electron chi connectivity index (χ2n) is 5.07. The van der Waals surface area contributed by atoms with Crippen molar-refractivity contribution in [2.45, 2.75) is 18.5 Å². The lowest BCUT2D eigenvalue weighted by Crippen LogP contribution is -2.27. The molecular weight excluding hydrogens is 312 g/mol. The van der Waals surface area contributed by atoms with Gasteiger partial charge in [0.15, 0.2) is 0 Å². The topological polar surface area (TPSA) is 88.5 Å². The van der Waals surface area contributed by atoms with Crippen molar-refractivity contribution < 1.29 is 4.79 Å². The van der Waals surface area contributed by atoms with E-state index in [0.29, 0.717) is 18.0 Å². The summed E-state index contributed by atoms with van der Waals surface area (Å²) in [5, 5.41) is 16.0. The van der Waals surface area contributed by atoms with Gasteiger partial charge in [-0.15, -0.1) is 5.10 Å². The Morgan fingerprint density at radius 3 is 2.96 bits per heavy atom. The lowest BCUT2D eigenvalue weighted by molar-refractivity contribution is 0.0951. The minimum atomic E-state index is -0.0743. The Kier molecular flexibility index (Phi) is 4.61. The molecule has 23 heavy (non-hydrogen) atoms. The van der Waals surface area contributed by atoms with Gasteiger partial charge in [-0.2, -0.15) is 0 Å². The molecule has 0 radical (unpaired) electrons. The van der Waals surface area contributed by atoms with Gasteiger partial charge in [-0.25, -0.2) is 4.68 Å². The van der Waals surface area contributed by atoms with E-state index in [0.717, 1.165) is 28.0 Å². The van der Waals surface area contributed by atoms with E-state index in [2.05, 4.69) is 32.7 Å². The monoisotopic (exact) mass is 330 g/mol. The van der Waals surface area contributed by atoms with E-state index in [1.807, 2.05) is 24.3 Å². The minimum absolute atomic E-state index is 0.0743. The van der Waals surface area contributed by atoms with E-state index >= 15 is 0 Å². The Morgan fingerprint density at radius 1 is 1.39 bits per heavy atom. The Hall–Kier alpha value is -2.35. The highest BCUT2D eigenvalue weighted by Crippen LogP contribution is 2.22. The molecule has 0 spiro atoms. The zero-order valence-electron chi connectivity index (χ0n) is 13.0. The van der Waals surface area contributed by atoms with Crippen molar-refractivity contribution in [3.05, 3.63) is 35.5 Å². The van der Waals surface area contributed by atoms with E-state index in [1.54, 1.807) is 11.7 Å². The molecular formula is C15H18N6OS. The third kappa shape index (κ3) is 3.21. The number of carbonyl (C=O) groups is 1. The highest BCUT2D eigenvalue weighted by atomic mass is 32.2. The number of H-pyrrole nitrogens is 1. The van der Waals surface area contributed by atoms with Gasteiger partial charge in [-0.3, -0.25) is 4.79 Å². The fraction of sp³-hybridized carbons (Fsp3) is 0.333. The molecule has 0 saturated carbocycles. The summed E-state index contributed by atoms with van der Waals surface area (Å²) in [6.07, 6.45) is 0.812. The van der Waals surface area contributed by atoms with Crippen LogP contribution in [0.25, 0.3) is 10.9 Å². The maximum Gasteiger partial charge on any atom is 0.268 e. The van der Waals surface area contributed by atoms with E-state index in [1.165, 1.54) is 11.8 Å². The summed E-state index contributed by atoms with van der Waals surface area (Å²) in [7, 11) is 1.79. The normalized spacial score (nSPS) is 11.0. The number of aromatic nitrogens is 5. The predicted octanol–water partition coefficient (Wildman–Crippen LogP) is 1.78. The lowest BCUT2D eigenvalue weighted by atomic mass is 10.1. The number of fused-ring (bicyclic) bond motifs is 1. The molecule has 3 rings (SSSR count). The lowest BCUT2D eigenvalue weighted by Gasteiger charge is -2.05. The van der Waals surface area contributed by atoms with Crippen LogP contribution in [-0.4, -0.2) is 43.4 Å². The number of aromatic amines is 1. The van der Waals surface area contributed by atoms with Crippen LogP contribution in [-0.2, 0) is 13.5 Å². The molecule has 1 aromatic carbocycles. The number of thioether (sulfide) groups is 1. The van der Waals surface area contributed by atoms with E-state index in [4.69, 9.17) is 0 Å². The first-order valence-corrected chi connectivity index (χ1v) is 8.42. The molecule has 0 atom stereocenters. The maximum atomic E-state index is 12.4. The van der Waals surface area contributed by atoms with Gasteiger partial charge in [0.1, 0.15) is 5.69 Å². The average molecular weight is 330 g/mol. The summed E-state index contributed by atoms with van der Waals surface area (Å²) in [5.74, 6) is 0.636. The van der Waals surface area contributed by atoms with Crippen LogP contribution < -0.4 is 5.32 Å². The number of aryl methyl sites for hydroxylation is 2. The predicted molar refractivity (Wildman–Crippen MR) is 89.5 cm³/mol. The smallest absolute Gasteiger partial charge is 0.268 e. The first-order chi connectivity index (χ1) is 11.2. The van der Waals surface area contributed by atoms with Crippen LogP contribution in [0.5, 0.6) is 0 Å². The minimum Gasteiger partial charge on any atom is -0.350 e. The molecule has 0 aliphatic rings. The molecule has 2 aromatic heterocycles. The number of hydrogen-bond acceptors (Lipinski definition) is 5. The van der Waals surface area contributed by atoms with Crippen molar-refractivity contribution in [3.8, 4) is 0 Å². The first-order valence-electron chi connectivity index (χ1n) is 7.43. The van der Waals surface area contributed by atoms with Crippen LogP contribution in [0.4, 0.5) is 0 Å². The molecule has 3 aromatic rings. The Morgan fingerprint density at radius 2 is 2.22 bits per heavy atom. The number of carbonyl (C=O) groups excluding carboxylic acids is 1. The van der Waals surface area contributed by atoms with E-state index in [-0.39, 0.29) is 5.91 Å². The third-order valence-corrected chi connectivity index (χ3v) is 4.61. The summed E-state index contributed by atoms with van der Waals surface area (Å²) in [5.41, 5.74) is 2.70. The van der Waals surface area contributed by atoms with Crippen LogP contribution in [0, 0.1) is 0 Å². The first kappa shape index (κ1) is 15.5. The molecule has 0 bridgehead atoms. The highest BCUT2D eigenvalue weighted by Gasteiger charge is 2.15. The van der Waals surface area contributed by atoms with Gasteiger partial charge in [-0.05, 0) is 28.5 Å². The van der Waals surface area contributed by atoms with Gasteiger partial charge in [-0.1, -0.05) is 36.9 Å². The van der Waals surface area contributed by atoms with Gasteiger partial charge in [0, 0.05) is 30.2 Å². The van der Waals surface area contributed by atoms with Crippen molar-refractivity contribution in [2.75, 3.05) is 12.3 Å². The van der Waals surface area contributed by atoms with Gasteiger partial charge in [0.25, 0.3) is 5.91 Å². The van der Waals surface area contributed by atoms with Crippen LogP contribution in [0.3, 0.4) is 0 Å². The number of amides is 1. The van der Waals surface area contributed by atoms with Crippen molar-refractivity contribution >= 4 is 28.6 Å². The summed E-state index contributed by atoms with van der Waals surface area (Å²) >= 11 is 1.51. The highest BCUT2D eigenvalue weighted by molar-refractivity contribution is 7.99. The standard InChI is InChI=1S/C15H18N6OS/c1-3-10-11-6-4-5-7-12(11)17-13(10)14(22)16-8-9-23-15-18-19-20-21(15)2/h4-7,17H,3,8-9H2,1-2H3,(H,16,22). The molecule has 0 unspecified atom stereocenters. The average Bonchev–Trinajstić information content (AvgIpc) is 3.14. The second kappa shape index (κ2) is 6.82. The van der Waals surface area contributed by atoms with Crippen molar-refractivity contribution in [2.24, 2.45) is 7.05 Å². The van der Waals surface area contributed by atoms with Gasteiger partial charge < -0.3 is 10.3 Å². The third-order valence-electron chi connectivity index (χ3n) is 3.59. The zero-order chi connectivity index (χ0) is 16.2. The van der Waals surface area contributed by atoms with Crippen LogP contribution >= 0.6 is 11.8 Å². The number of tetrazole rings is 1. The number of rotatable bonds is 6. The Balaban J connectivity index is 1.63. The summed E-state index contributed by atoms with van der Waals surface area (Å²) in [4.78, 5) is 15.6. The molecule has 0 saturated heterocycles. The van der Waals surface area contributed by atoms with E-state index in [9.17, 15) is 4.79 Å². The quantitative estimate of drug-likeness (QED) is 0.531. The van der Waals surface area contributed by atoms with Gasteiger partial charge in [0.2, 0.25) is 5.16 Å². The molecule has 0 aliphatic carbocycles. The number of nitrogens with one attached hydrogen (secondary N) is 2. The number of nitrogens with zero attached hydrogens (tertiary/aromatic N) is 4.